The monoisotopic (exact) mass is 371 g/mol. The van der Waals surface area contributed by atoms with Gasteiger partial charge in [-0.15, -0.1) is 0 Å². The molecule has 1 heterocycles. The Balaban J connectivity index is 2.03. The van der Waals surface area contributed by atoms with Gasteiger partial charge in [-0.25, -0.2) is 0 Å². The minimum atomic E-state index is -4.36. The summed E-state index contributed by atoms with van der Waals surface area (Å²) >= 11 is -0.102. The van der Waals surface area contributed by atoms with E-state index in [1.165, 1.54) is 18.2 Å². The van der Waals surface area contributed by atoms with Crippen molar-refractivity contribution in [1.29, 1.82) is 0 Å². The summed E-state index contributed by atoms with van der Waals surface area (Å²) in [5, 5.41) is 11.2. The number of nitrogens with zero attached hydrogens (tertiary/aromatic N) is 1. The van der Waals surface area contributed by atoms with Crippen LogP contribution in [0, 0.1) is 10.1 Å². The molecule has 0 bridgehead atoms. The first-order chi connectivity index (χ1) is 10.3. The van der Waals surface area contributed by atoms with Crippen LogP contribution in [-0.4, -0.2) is 19.4 Å². The number of hydrogen-bond acceptors (Lipinski definition) is 2. The van der Waals surface area contributed by atoms with E-state index >= 15 is 0 Å². The number of non-ortho nitro benzene ring substituents is 1. The van der Waals surface area contributed by atoms with Crippen LogP contribution in [0.4, 0.5) is 18.9 Å². The number of nitro groups is 1. The summed E-state index contributed by atoms with van der Waals surface area (Å²) in [6, 6.07) is 11.5. The first-order valence-electron chi connectivity index (χ1n) is 6.20. The van der Waals surface area contributed by atoms with Gasteiger partial charge in [0, 0.05) is 0 Å². The molecule has 0 fully saturated rings. The molecule has 0 radical (unpaired) electrons. The standard InChI is InChI=1S/C15H8F3NO2Se/c16-15(17,18)11-3-6-13-10(7-11)8-14(22-13)9-1-4-12(5-2-9)19(20)21/h1-8H. The van der Waals surface area contributed by atoms with Crippen molar-refractivity contribution < 1.29 is 18.1 Å². The van der Waals surface area contributed by atoms with Crippen LogP contribution in [0.5, 0.6) is 0 Å². The van der Waals surface area contributed by atoms with Crippen LogP contribution >= 0.6 is 0 Å². The molecule has 3 aromatic rings. The Labute approximate surface area is 128 Å². The van der Waals surface area contributed by atoms with Gasteiger partial charge in [0.05, 0.1) is 0 Å². The second-order valence-corrected chi connectivity index (χ2v) is 6.94. The molecule has 7 heteroatoms. The number of benzene rings is 2. The minimum absolute atomic E-state index is 0.00767. The maximum atomic E-state index is 12.7. The van der Waals surface area contributed by atoms with Crippen molar-refractivity contribution in [2.24, 2.45) is 0 Å². The van der Waals surface area contributed by atoms with Gasteiger partial charge in [0.2, 0.25) is 0 Å². The molecule has 0 saturated carbocycles. The summed E-state index contributed by atoms with van der Waals surface area (Å²) < 4.78 is 39.9. The van der Waals surface area contributed by atoms with Crippen LogP contribution in [0.1, 0.15) is 5.56 Å². The molecule has 0 spiro atoms. The summed E-state index contributed by atoms with van der Waals surface area (Å²) in [4.78, 5) is 10.1. The summed E-state index contributed by atoms with van der Waals surface area (Å²) in [7, 11) is 0. The fraction of sp³-hybridized carbons (Fsp3) is 0.0667. The normalized spacial score (nSPS) is 11.8. The third kappa shape index (κ3) is 2.77. The van der Waals surface area contributed by atoms with Gasteiger partial charge in [0.25, 0.3) is 0 Å². The van der Waals surface area contributed by atoms with Gasteiger partial charge in [-0.05, 0) is 0 Å². The van der Waals surface area contributed by atoms with Crippen molar-refractivity contribution >= 4 is 29.8 Å². The van der Waals surface area contributed by atoms with E-state index in [0.29, 0.717) is 5.39 Å². The Morgan fingerprint density at radius 2 is 1.68 bits per heavy atom. The van der Waals surface area contributed by atoms with Crippen LogP contribution in [0.15, 0.2) is 48.5 Å². The van der Waals surface area contributed by atoms with Gasteiger partial charge >= 0.3 is 128 Å². The Bertz CT molecular complexity index is 853. The van der Waals surface area contributed by atoms with Crippen LogP contribution in [0.25, 0.3) is 19.6 Å². The molecule has 0 aliphatic rings. The van der Waals surface area contributed by atoms with Crippen molar-refractivity contribution in [2.75, 3.05) is 0 Å². The van der Waals surface area contributed by atoms with Crippen molar-refractivity contribution in [3.05, 3.63) is 64.2 Å². The zero-order valence-electron chi connectivity index (χ0n) is 10.9. The van der Waals surface area contributed by atoms with Gasteiger partial charge in [-0.2, -0.15) is 0 Å². The topological polar surface area (TPSA) is 43.1 Å². The molecule has 0 aliphatic carbocycles. The molecule has 3 nitrogen and oxygen atoms in total. The zero-order chi connectivity index (χ0) is 15.9. The molecule has 1 aromatic heterocycles. The Morgan fingerprint density at radius 3 is 2.27 bits per heavy atom. The molecule has 0 saturated heterocycles. The molecular weight excluding hydrogens is 362 g/mol. The van der Waals surface area contributed by atoms with Gasteiger partial charge in [-0.3, -0.25) is 0 Å². The van der Waals surface area contributed by atoms with E-state index in [9.17, 15) is 23.3 Å². The number of hydrogen-bond donors (Lipinski definition) is 0. The maximum absolute atomic E-state index is 12.7. The molecule has 3 rings (SSSR count). The fourth-order valence-electron chi connectivity index (χ4n) is 2.11. The van der Waals surface area contributed by atoms with E-state index in [1.807, 2.05) is 0 Å². The zero-order valence-corrected chi connectivity index (χ0v) is 12.6. The summed E-state index contributed by atoms with van der Waals surface area (Å²) in [5.41, 5.74) is 0.130. The number of alkyl halides is 3. The fourth-order valence-corrected chi connectivity index (χ4v) is 4.31. The Kier molecular flexibility index (Phi) is 3.54. The van der Waals surface area contributed by atoms with Crippen molar-refractivity contribution in [3.8, 4) is 10.0 Å². The van der Waals surface area contributed by atoms with E-state index in [2.05, 4.69) is 0 Å². The SMILES string of the molecule is O=[N+]([O-])c1ccc(-c2cc3cc(C(F)(F)F)ccc3[se]2)cc1. The number of nitro benzene ring substituents is 1. The van der Waals surface area contributed by atoms with Crippen LogP contribution in [0.3, 0.4) is 0 Å². The van der Waals surface area contributed by atoms with E-state index in [1.54, 1.807) is 18.2 Å². The van der Waals surface area contributed by atoms with E-state index in [4.69, 9.17) is 0 Å². The van der Waals surface area contributed by atoms with Crippen molar-refractivity contribution in [1.82, 2.24) is 0 Å². The van der Waals surface area contributed by atoms with Gasteiger partial charge in [0.15, 0.2) is 0 Å². The van der Waals surface area contributed by atoms with Crippen LogP contribution < -0.4 is 0 Å². The summed E-state index contributed by atoms with van der Waals surface area (Å²) in [6.45, 7) is 0. The van der Waals surface area contributed by atoms with E-state index in [-0.39, 0.29) is 20.2 Å². The van der Waals surface area contributed by atoms with Crippen LogP contribution in [0.2, 0.25) is 0 Å². The predicted octanol–water partition coefficient (Wildman–Crippen LogP) is 4.49. The second-order valence-electron chi connectivity index (χ2n) is 4.66. The first-order valence-corrected chi connectivity index (χ1v) is 7.91. The first kappa shape index (κ1) is 14.8. The summed E-state index contributed by atoms with van der Waals surface area (Å²) in [6.07, 6.45) is -4.36. The second kappa shape index (κ2) is 5.26. The van der Waals surface area contributed by atoms with Gasteiger partial charge in [-0.1, -0.05) is 0 Å². The number of rotatable bonds is 2. The average Bonchev–Trinajstić information content (AvgIpc) is 2.89. The van der Waals surface area contributed by atoms with E-state index < -0.39 is 16.7 Å². The summed E-state index contributed by atoms with van der Waals surface area (Å²) in [5.74, 6) is 0. The Hall–Kier alpha value is -2.11. The van der Waals surface area contributed by atoms with E-state index in [0.717, 1.165) is 26.4 Å². The third-order valence-electron chi connectivity index (χ3n) is 3.21. The van der Waals surface area contributed by atoms with Crippen molar-refractivity contribution in [2.45, 2.75) is 6.18 Å². The van der Waals surface area contributed by atoms with Crippen molar-refractivity contribution in [3.63, 3.8) is 0 Å². The predicted molar refractivity (Wildman–Crippen MR) is 78.0 cm³/mol. The molecular formula is C15H8F3NO2Se. The number of halogens is 3. The number of fused-ring (bicyclic) bond motifs is 1. The molecule has 2 aromatic carbocycles. The molecule has 22 heavy (non-hydrogen) atoms. The molecule has 0 N–H and O–H groups in total. The third-order valence-corrected chi connectivity index (χ3v) is 5.65. The molecule has 0 unspecified atom stereocenters. The van der Waals surface area contributed by atoms with Gasteiger partial charge in [0.1, 0.15) is 0 Å². The molecule has 112 valence electrons. The Morgan fingerprint density at radius 1 is 1.00 bits per heavy atom. The molecule has 0 amide bonds. The van der Waals surface area contributed by atoms with Crippen LogP contribution in [-0.2, 0) is 6.18 Å². The molecule has 0 aliphatic heterocycles. The quantitative estimate of drug-likeness (QED) is 0.379. The van der Waals surface area contributed by atoms with Gasteiger partial charge < -0.3 is 0 Å². The molecule has 0 atom stereocenters. The average molecular weight is 370 g/mol.